The molecule has 0 bridgehead atoms. The van der Waals surface area contributed by atoms with Crippen LogP contribution in [0.3, 0.4) is 0 Å². The maximum atomic E-state index is 5.86. The zero-order chi connectivity index (χ0) is 22.5. The van der Waals surface area contributed by atoms with E-state index in [2.05, 4.69) is 47.5 Å². The molecule has 0 saturated carbocycles. The van der Waals surface area contributed by atoms with E-state index in [-0.39, 0.29) is 0 Å². The zero-order valence-corrected chi connectivity index (χ0v) is 19.9. The lowest BCUT2D eigenvalue weighted by Crippen LogP contribution is -2.22. The molecule has 0 amide bonds. The molecule has 8 heteroatoms. The molecule has 0 fully saturated rings. The molecule has 0 atom stereocenters. The first-order valence-electron chi connectivity index (χ1n) is 10.1. The number of rotatable bonds is 8. The van der Waals surface area contributed by atoms with Gasteiger partial charge in [-0.2, -0.15) is 0 Å². The molecule has 0 aliphatic carbocycles. The van der Waals surface area contributed by atoms with Crippen LogP contribution in [0.1, 0.15) is 5.56 Å². The largest absolute Gasteiger partial charge is 0.497 e. The van der Waals surface area contributed by atoms with Crippen LogP contribution in [-0.2, 0) is 13.2 Å². The van der Waals surface area contributed by atoms with Crippen LogP contribution in [0, 0.1) is 4.77 Å². The lowest BCUT2D eigenvalue weighted by molar-refractivity contribution is 0.244. The minimum absolute atomic E-state index is 0.574. The summed E-state index contributed by atoms with van der Waals surface area (Å²) in [5, 5.41) is 4.88. The van der Waals surface area contributed by atoms with Gasteiger partial charge in [0.05, 0.1) is 19.5 Å². The van der Waals surface area contributed by atoms with Gasteiger partial charge in [-0.25, -0.2) is 4.68 Å². The standard InChI is InChI=1S/C24H25N5OS2/c1-27(16-18-4-10-22(32-3)11-5-18)17-28-24(31)29(20-6-8-21(30-2)9-7-20)23(26-28)19-12-14-25-15-13-19/h4-15H,16-17H2,1-3H3. The highest BCUT2D eigenvalue weighted by atomic mass is 32.2. The lowest BCUT2D eigenvalue weighted by Gasteiger charge is -2.16. The molecule has 2 aromatic carbocycles. The quantitative estimate of drug-likeness (QED) is 0.262. The zero-order valence-electron chi connectivity index (χ0n) is 18.3. The fourth-order valence-electron chi connectivity index (χ4n) is 3.47. The summed E-state index contributed by atoms with van der Waals surface area (Å²) < 4.78 is 9.80. The molecule has 0 radical (unpaired) electrons. The third-order valence-corrected chi connectivity index (χ3v) is 6.23. The Balaban J connectivity index is 1.66. The van der Waals surface area contributed by atoms with E-state index in [4.69, 9.17) is 22.1 Å². The fraction of sp³-hybridized carbons (Fsp3) is 0.208. The predicted molar refractivity (Wildman–Crippen MR) is 132 cm³/mol. The molecule has 0 aliphatic heterocycles. The summed E-state index contributed by atoms with van der Waals surface area (Å²) in [6.07, 6.45) is 5.61. The number of hydrogen-bond acceptors (Lipinski definition) is 6. The second kappa shape index (κ2) is 10.1. The van der Waals surface area contributed by atoms with E-state index < -0.39 is 0 Å². The highest BCUT2D eigenvalue weighted by molar-refractivity contribution is 7.98. The molecule has 164 valence electrons. The number of benzene rings is 2. The summed E-state index contributed by atoms with van der Waals surface area (Å²) in [7, 11) is 3.73. The SMILES string of the molecule is COc1ccc(-n2c(-c3ccncc3)nn(CN(C)Cc3ccc(SC)cc3)c2=S)cc1. The number of nitrogens with zero attached hydrogens (tertiary/aromatic N) is 5. The van der Waals surface area contributed by atoms with Crippen LogP contribution in [0.2, 0.25) is 0 Å². The number of aromatic nitrogens is 4. The topological polar surface area (TPSA) is 48.1 Å². The highest BCUT2D eigenvalue weighted by Gasteiger charge is 2.16. The molecule has 0 N–H and O–H groups in total. The summed E-state index contributed by atoms with van der Waals surface area (Å²) >= 11 is 7.61. The van der Waals surface area contributed by atoms with Gasteiger partial charge in [-0.3, -0.25) is 14.5 Å². The average molecular weight is 464 g/mol. The number of ether oxygens (including phenoxy) is 1. The Hall–Kier alpha value is -2.94. The van der Waals surface area contributed by atoms with Gasteiger partial charge in [-0.15, -0.1) is 16.9 Å². The Morgan fingerprint density at radius 3 is 2.31 bits per heavy atom. The summed E-state index contributed by atoms with van der Waals surface area (Å²) in [6, 6.07) is 20.4. The van der Waals surface area contributed by atoms with Crippen LogP contribution >= 0.6 is 24.0 Å². The van der Waals surface area contributed by atoms with Crippen molar-refractivity contribution >= 4 is 24.0 Å². The Morgan fingerprint density at radius 2 is 1.69 bits per heavy atom. The van der Waals surface area contributed by atoms with Crippen molar-refractivity contribution in [3.05, 3.63) is 83.4 Å². The third kappa shape index (κ3) is 4.93. The van der Waals surface area contributed by atoms with E-state index in [1.807, 2.05) is 45.6 Å². The van der Waals surface area contributed by atoms with Crippen LogP contribution < -0.4 is 4.74 Å². The van der Waals surface area contributed by atoms with Crippen molar-refractivity contribution in [2.75, 3.05) is 20.4 Å². The van der Waals surface area contributed by atoms with Crippen LogP contribution in [0.4, 0.5) is 0 Å². The van der Waals surface area contributed by atoms with E-state index >= 15 is 0 Å². The van der Waals surface area contributed by atoms with Crippen LogP contribution in [0.25, 0.3) is 17.1 Å². The minimum Gasteiger partial charge on any atom is -0.497 e. The van der Waals surface area contributed by atoms with Gasteiger partial charge in [-0.1, -0.05) is 12.1 Å². The van der Waals surface area contributed by atoms with Crippen molar-refractivity contribution in [2.24, 2.45) is 0 Å². The summed E-state index contributed by atoms with van der Waals surface area (Å²) in [4.78, 5) is 7.60. The molecule has 2 aromatic heterocycles. The van der Waals surface area contributed by atoms with E-state index in [1.54, 1.807) is 31.3 Å². The second-order valence-corrected chi connectivity index (χ2v) is 8.62. The maximum Gasteiger partial charge on any atom is 0.204 e. The summed E-state index contributed by atoms with van der Waals surface area (Å²) in [5.74, 6) is 1.57. The second-order valence-electron chi connectivity index (χ2n) is 7.38. The lowest BCUT2D eigenvalue weighted by atomic mass is 10.2. The molecular formula is C24H25N5OS2. The number of methoxy groups -OCH3 is 1. The Labute approximate surface area is 197 Å². The van der Waals surface area contributed by atoms with Gasteiger partial charge in [0, 0.05) is 29.4 Å². The first-order valence-corrected chi connectivity index (χ1v) is 11.8. The van der Waals surface area contributed by atoms with Gasteiger partial charge in [0.15, 0.2) is 5.82 Å². The minimum atomic E-state index is 0.574. The van der Waals surface area contributed by atoms with E-state index in [0.29, 0.717) is 11.4 Å². The first kappa shape index (κ1) is 22.3. The van der Waals surface area contributed by atoms with Crippen LogP contribution in [0.5, 0.6) is 5.75 Å². The van der Waals surface area contributed by atoms with Gasteiger partial charge >= 0.3 is 0 Å². The van der Waals surface area contributed by atoms with Crippen LogP contribution in [0.15, 0.2) is 78.0 Å². The average Bonchev–Trinajstić information content (AvgIpc) is 3.16. The summed E-state index contributed by atoms with van der Waals surface area (Å²) in [5.41, 5.74) is 3.14. The fourth-order valence-corrected chi connectivity index (χ4v) is 4.17. The van der Waals surface area contributed by atoms with Gasteiger partial charge in [-0.05, 0) is 79.6 Å². The molecule has 0 unspecified atom stereocenters. The van der Waals surface area contributed by atoms with Crippen molar-refractivity contribution in [3.8, 4) is 22.8 Å². The Morgan fingerprint density at radius 1 is 1.00 bits per heavy atom. The van der Waals surface area contributed by atoms with E-state index in [9.17, 15) is 0 Å². The Kier molecular flexibility index (Phi) is 7.04. The molecule has 0 saturated heterocycles. The van der Waals surface area contributed by atoms with Crippen molar-refractivity contribution in [3.63, 3.8) is 0 Å². The highest BCUT2D eigenvalue weighted by Crippen LogP contribution is 2.24. The van der Waals surface area contributed by atoms with Gasteiger partial charge in [0.25, 0.3) is 0 Å². The Bertz CT molecular complexity index is 1220. The molecule has 4 aromatic rings. The first-order chi connectivity index (χ1) is 15.6. The number of hydrogen-bond donors (Lipinski definition) is 0. The monoisotopic (exact) mass is 463 g/mol. The maximum absolute atomic E-state index is 5.86. The smallest absolute Gasteiger partial charge is 0.204 e. The van der Waals surface area contributed by atoms with E-state index in [1.165, 1.54) is 10.5 Å². The van der Waals surface area contributed by atoms with Crippen molar-refractivity contribution < 1.29 is 4.74 Å². The number of pyridine rings is 1. The number of thioether (sulfide) groups is 1. The van der Waals surface area contributed by atoms with Crippen molar-refractivity contribution in [1.29, 1.82) is 0 Å². The van der Waals surface area contributed by atoms with Crippen LogP contribution in [-0.4, -0.2) is 44.6 Å². The molecule has 32 heavy (non-hydrogen) atoms. The molecular weight excluding hydrogens is 438 g/mol. The normalized spacial score (nSPS) is 11.1. The van der Waals surface area contributed by atoms with Gasteiger partial charge in [0.2, 0.25) is 4.77 Å². The van der Waals surface area contributed by atoms with Gasteiger partial charge < -0.3 is 4.74 Å². The van der Waals surface area contributed by atoms with Crippen molar-refractivity contribution in [2.45, 2.75) is 18.1 Å². The molecule has 4 rings (SSSR count). The van der Waals surface area contributed by atoms with Gasteiger partial charge in [0.1, 0.15) is 5.75 Å². The van der Waals surface area contributed by atoms with E-state index in [0.717, 1.165) is 29.4 Å². The molecule has 6 nitrogen and oxygen atoms in total. The molecule has 0 spiro atoms. The molecule has 0 aliphatic rings. The predicted octanol–water partition coefficient (Wildman–Crippen LogP) is 5.29. The van der Waals surface area contributed by atoms with Crippen molar-refractivity contribution in [1.82, 2.24) is 24.2 Å². The third-order valence-electron chi connectivity index (χ3n) is 5.10. The summed E-state index contributed by atoms with van der Waals surface area (Å²) in [6.45, 7) is 1.38. The molecule has 2 heterocycles.